The molecule has 0 fully saturated rings. The number of halogens is 1. The Bertz CT molecular complexity index is 1350. The van der Waals surface area contributed by atoms with Crippen molar-refractivity contribution >= 4 is 33.0 Å². The van der Waals surface area contributed by atoms with Crippen LogP contribution in [0, 0.1) is 0 Å². The molecule has 0 aliphatic rings. The summed E-state index contributed by atoms with van der Waals surface area (Å²) in [4.78, 5) is 13.3. The fourth-order valence-electron chi connectivity index (χ4n) is 2.80. The standard InChI is InChI=1S/2C8H9N5O.C6H7BrN2O.CH4/c1-14-8-7(4-6(9)5-10-8)13-3-2-11-12-13;1-14-8-7(4-6(9)5-10-8)13-11-2-3-12-13;1-10-6-5(7)2-4(8)3-9-6;/h2*2-5H,9H2,1H3;2-3H,8H2,1H3;1H4. The van der Waals surface area contributed by atoms with Gasteiger partial charge in [-0.2, -0.15) is 10.2 Å². The van der Waals surface area contributed by atoms with Gasteiger partial charge in [0, 0.05) is 0 Å². The second-order valence-corrected chi connectivity index (χ2v) is 7.87. The number of methoxy groups -OCH3 is 3. The Morgan fingerprint density at radius 2 is 1.18 bits per heavy atom. The lowest BCUT2D eigenvalue weighted by atomic mass is 10.3. The molecule has 0 amide bonds. The van der Waals surface area contributed by atoms with Gasteiger partial charge in [-0.05, 0) is 34.1 Å². The number of anilines is 3. The van der Waals surface area contributed by atoms with Crippen LogP contribution in [0.15, 0.2) is 66.0 Å². The second kappa shape index (κ2) is 14.7. The lowest BCUT2D eigenvalue weighted by molar-refractivity contribution is 0.393. The number of pyridine rings is 3. The molecule has 5 heterocycles. The molecule has 5 aromatic heterocycles. The van der Waals surface area contributed by atoms with Crippen molar-refractivity contribution in [3.8, 4) is 29.0 Å². The molecule has 0 bridgehead atoms. The van der Waals surface area contributed by atoms with E-state index < -0.39 is 0 Å². The highest BCUT2D eigenvalue weighted by atomic mass is 79.9. The van der Waals surface area contributed by atoms with Crippen LogP contribution in [-0.4, -0.2) is 66.3 Å². The normalized spacial score (nSPS) is 9.64. The van der Waals surface area contributed by atoms with Gasteiger partial charge in [-0.1, -0.05) is 12.6 Å². The Hall–Kier alpha value is -4.99. The molecule has 0 spiro atoms. The summed E-state index contributed by atoms with van der Waals surface area (Å²) < 4.78 is 17.3. The third-order valence-corrected chi connectivity index (χ3v) is 4.99. The second-order valence-electron chi connectivity index (χ2n) is 7.02. The molecule has 5 aromatic rings. The average Bonchev–Trinajstić information content (AvgIpc) is 3.65. The van der Waals surface area contributed by atoms with Crippen LogP contribution in [0.5, 0.6) is 17.6 Å². The quantitative estimate of drug-likeness (QED) is 0.265. The van der Waals surface area contributed by atoms with E-state index >= 15 is 0 Å². The molecule has 16 heteroatoms. The zero-order valence-corrected chi connectivity index (χ0v) is 22.2. The van der Waals surface area contributed by atoms with Crippen molar-refractivity contribution in [3.63, 3.8) is 0 Å². The van der Waals surface area contributed by atoms with Crippen LogP contribution in [0.2, 0.25) is 0 Å². The molecule has 39 heavy (non-hydrogen) atoms. The number of nitrogen functional groups attached to an aromatic ring is 3. The number of hydrogen-bond donors (Lipinski definition) is 3. The van der Waals surface area contributed by atoms with Crippen LogP contribution in [0.25, 0.3) is 11.4 Å². The molecular formula is C23H29BrN12O3. The number of rotatable bonds is 5. The minimum atomic E-state index is 0. The molecule has 206 valence electrons. The van der Waals surface area contributed by atoms with Crippen molar-refractivity contribution in [3.05, 3.63) is 66.0 Å². The van der Waals surface area contributed by atoms with Gasteiger partial charge in [0.15, 0.2) is 0 Å². The molecule has 0 aromatic carbocycles. The van der Waals surface area contributed by atoms with Crippen molar-refractivity contribution < 1.29 is 14.2 Å². The van der Waals surface area contributed by atoms with Gasteiger partial charge in [-0.25, -0.2) is 19.6 Å². The van der Waals surface area contributed by atoms with Gasteiger partial charge in [-0.15, -0.1) is 9.90 Å². The van der Waals surface area contributed by atoms with Gasteiger partial charge in [0.2, 0.25) is 17.6 Å². The maximum absolute atomic E-state index is 5.61. The fourth-order valence-corrected chi connectivity index (χ4v) is 3.33. The predicted molar refractivity (Wildman–Crippen MR) is 150 cm³/mol. The summed E-state index contributed by atoms with van der Waals surface area (Å²) in [5.74, 6) is 1.45. The van der Waals surface area contributed by atoms with E-state index in [0.29, 0.717) is 46.1 Å². The summed E-state index contributed by atoms with van der Waals surface area (Å²) in [5, 5.41) is 15.5. The highest BCUT2D eigenvalue weighted by Gasteiger charge is 2.08. The van der Waals surface area contributed by atoms with Crippen LogP contribution in [0.3, 0.4) is 0 Å². The molecule has 5 rings (SSSR count). The first-order chi connectivity index (χ1) is 18.4. The number of nitrogens with zero attached hydrogens (tertiary/aromatic N) is 9. The predicted octanol–water partition coefficient (Wildman–Crippen LogP) is 2.58. The summed E-state index contributed by atoms with van der Waals surface area (Å²) >= 11 is 3.24. The summed E-state index contributed by atoms with van der Waals surface area (Å²) in [6, 6.07) is 5.16. The molecule has 0 aliphatic carbocycles. The minimum Gasteiger partial charge on any atom is -0.480 e. The van der Waals surface area contributed by atoms with Crippen molar-refractivity contribution in [2.45, 2.75) is 7.43 Å². The zero-order chi connectivity index (χ0) is 27.5. The van der Waals surface area contributed by atoms with Gasteiger partial charge >= 0.3 is 0 Å². The van der Waals surface area contributed by atoms with E-state index in [4.69, 9.17) is 31.4 Å². The van der Waals surface area contributed by atoms with Crippen LogP contribution in [-0.2, 0) is 0 Å². The van der Waals surface area contributed by atoms with Crippen molar-refractivity contribution in [2.75, 3.05) is 38.5 Å². The number of hydrogen-bond acceptors (Lipinski definition) is 13. The Morgan fingerprint density at radius 3 is 1.67 bits per heavy atom. The van der Waals surface area contributed by atoms with Crippen LogP contribution >= 0.6 is 15.9 Å². The van der Waals surface area contributed by atoms with E-state index in [-0.39, 0.29) is 7.43 Å². The number of ether oxygens (including phenoxy) is 3. The molecule has 0 aliphatic heterocycles. The molecule has 15 nitrogen and oxygen atoms in total. The van der Waals surface area contributed by atoms with E-state index in [1.807, 2.05) is 0 Å². The Morgan fingerprint density at radius 1 is 0.692 bits per heavy atom. The zero-order valence-electron chi connectivity index (χ0n) is 20.6. The van der Waals surface area contributed by atoms with Crippen molar-refractivity contribution in [2.24, 2.45) is 0 Å². The van der Waals surface area contributed by atoms with E-state index in [9.17, 15) is 0 Å². The van der Waals surface area contributed by atoms with Crippen LogP contribution in [0.4, 0.5) is 17.1 Å². The highest BCUT2D eigenvalue weighted by molar-refractivity contribution is 9.10. The maximum atomic E-state index is 5.61. The third-order valence-electron chi connectivity index (χ3n) is 4.42. The summed E-state index contributed by atoms with van der Waals surface area (Å²) in [6.45, 7) is 0. The summed E-state index contributed by atoms with van der Waals surface area (Å²) in [7, 11) is 4.63. The first-order valence-electron chi connectivity index (χ1n) is 10.6. The molecule has 0 unspecified atom stereocenters. The molecule has 0 atom stereocenters. The van der Waals surface area contributed by atoms with Crippen LogP contribution in [0.1, 0.15) is 7.43 Å². The fraction of sp³-hybridized carbons (Fsp3) is 0.174. The molecule has 0 saturated carbocycles. The SMILES string of the molecule is C.COc1ncc(N)cc1-n1ccnn1.COc1ncc(N)cc1-n1nccn1.COc1ncc(N)cc1Br. The average molecular weight is 601 g/mol. The Labute approximate surface area is 233 Å². The van der Waals surface area contributed by atoms with Gasteiger partial charge in [0.1, 0.15) is 11.4 Å². The van der Waals surface area contributed by atoms with Crippen molar-refractivity contribution in [1.82, 2.24) is 44.9 Å². The maximum Gasteiger partial charge on any atom is 0.241 e. The number of nitrogens with two attached hydrogens (primary N) is 3. The largest absolute Gasteiger partial charge is 0.480 e. The van der Waals surface area contributed by atoms with Gasteiger partial charge < -0.3 is 31.4 Å². The Balaban J connectivity index is 0.000000206. The Kier molecular flexibility index (Phi) is 11.4. The third kappa shape index (κ3) is 8.26. The lowest BCUT2D eigenvalue weighted by Gasteiger charge is -2.06. The van der Waals surface area contributed by atoms with Gasteiger partial charge in [0.05, 0.1) is 86.2 Å². The smallest absolute Gasteiger partial charge is 0.241 e. The van der Waals surface area contributed by atoms with Gasteiger partial charge in [0.25, 0.3) is 0 Å². The lowest BCUT2D eigenvalue weighted by Crippen LogP contribution is -2.04. The highest BCUT2D eigenvalue weighted by Crippen LogP contribution is 2.23. The van der Waals surface area contributed by atoms with Crippen LogP contribution < -0.4 is 31.4 Å². The van der Waals surface area contributed by atoms with Gasteiger partial charge in [-0.3, -0.25) is 0 Å². The van der Waals surface area contributed by atoms with E-state index in [1.54, 1.807) is 68.1 Å². The molecule has 0 radical (unpaired) electrons. The van der Waals surface area contributed by atoms with E-state index in [2.05, 4.69) is 51.4 Å². The monoisotopic (exact) mass is 600 g/mol. The summed E-state index contributed by atoms with van der Waals surface area (Å²) in [6.07, 6.45) is 11.0. The topological polar surface area (TPSA) is 206 Å². The van der Waals surface area contributed by atoms with E-state index in [1.165, 1.54) is 24.3 Å². The van der Waals surface area contributed by atoms with Crippen molar-refractivity contribution in [1.29, 1.82) is 0 Å². The minimum absolute atomic E-state index is 0. The molecular weight excluding hydrogens is 572 g/mol. The molecule has 0 saturated heterocycles. The molecule has 6 N–H and O–H groups in total. The first-order valence-corrected chi connectivity index (χ1v) is 11.4. The summed E-state index contributed by atoms with van der Waals surface area (Å²) in [5.41, 5.74) is 19.6. The first kappa shape index (κ1) is 30.2. The van der Waals surface area contributed by atoms with E-state index in [0.717, 1.165) is 4.47 Å². The number of aromatic nitrogens is 9.